The first-order valence-electron chi connectivity index (χ1n) is 9.15. The van der Waals surface area contributed by atoms with Crippen LogP contribution in [0.4, 0.5) is 0 Å². The number of nitrogens with one attached hydrogen (secondary N) is 1. The van der Waals surface area contributed by atoms with Gasteiger partial charge in [0.2, 0.25) is 11.7 Å². The fraction of sp³-hybridized carbons (Fsp3) is 0.722. The van der Waals surface area contributed by atoms with Crippen molar-refractivity contribution in [2.45, 2.75) is 77.3 Å². The summed E-state index contributed by atoms with van der Waals surface area (Å²) < 4.78 is 5.50. The van der Waals surface area contributed by atoms with E-state index in [1.54, 1.807) is 6.92 Å². The lowest BCUT2D eigenvalue weighted by atomic mass is 10.1. The molecule has 1 aromatic heterocycles. The topological polar surface area (TPSA) is 75.4 Å². The van der Waals surface area contributed by atoms with Gasteiger partial charge in [-0.2, -0.15) is 0 Å². The van der Waals surface area contributed by atoms with Crippen LogP contribution in [0.2, 0.25) is 0 Å². The summed E-state index contributed by atoms with van der Waals surface area (Å²) in [5.41, 5.74) is 0.606. The van der Waals surface area contributed by atoms with Gasteiger partial charge in [-0.15, -0.1) is 0 Å². The van der Waals surface area contributed by atoms with E-state index in [2.05, 4.69) is 10.3 Å². The van der Waals surface area contributed by atoms with Gasteiger partial charge in [0.05, 0.1) is 11.7 Å². The fourth-order valence-electron chi connectivity index (χ4n) is 3.82. The van der Waals surface area contributed by atoms with Crippen LogP contribution >= 0.6 is 0 Å². The molecule has 0 aromatic carbocycles. The Labute approximate surface area is 143 Å². The number of amides is 2. The van der Waals surface area contributed by atoms with Gasteiger partial charge in [-0.05, 0) is 19.8 Å². The minimum atomic E-state index is -0.264. The molecule has 2 aliphatic rings. The van der Waals surface area contributed by atoms with Crippen LogP contribution in [0.3, 0.4) is 0 Å². The highest BCUT2D eigenvalue weighted by Gasteiger charge is 2.35. The zero-order valence-electron chi connectivity index (χ0n) is 14.6. The minimum Gasteiger partial charge on any atom is -0.435 e. The summed E-state index contributed by atoms with van der Waals surface area (Å²) in [7, 11) is 0. The Balaban J connectivity index is 1.61. The van der Waals surface area contributed by atoms with Crippen LogP contribution < -0.4 is 5.32 Å². The molecule has 2 fully saturated rings. The van der Waals surface area contributed by atoms with Gasteiger partial charge in [0, 0.05) is 25.4 Å². The van der Waals surface area contributed by atoms with E-state index in [9.17, 15) is 9.59 Å². The zero-order chi connectivity index (χ0) is 17.1. The molecule has 1 saturated heterocycles. The minimum absolute atomic E-state index is 0.136. The molecule has 1 N–H and O–H groups in total. The Morgan fingerprint density at radius 2 is 2.00 bits per heavy atom. The second-order valence-electron chi connectivity index (χ2n) is 6.94. The van der Waals surface area contributed by atoms with Gasteiger partial charge in [0.15, 0.2) is 5.89 Å². The van der Waals surface area contributed by atoms with Crippen LogP contribution in [-0.4, -0.2) is 40.3 Å². The number of aryl methyl sites for hydroxylation is 2. The summed E-state index contributed by atoms with van der Waals surface area (Å²) >= 11 is 0. The molecular formula is C18H27N3O3. The number of carbonyl (C=O) groups excluding carboxylic acids is 2. The number of nitrogens with zero attached hydrogens (tertiary/aromatic N) is 2. The van der Waals surface area contributed by atoms with Crippen molar-refractivity contribution >= 4 is 11.8 Å². The molecule has 2 heterocycles. The number of oxazole rings is 1. The lowest BCUT2D eigenvalue weighted by Crippen LogP contribution is -2.40. The molecule has 0 radical (unpaired) electrons. The molecule has 6 heteroatoms. The first-order valence-corrected chi connectivity index (χ1v) is 9.15. The molecule has 1 aromatic rings. The van der Waals surface area contributed by atoms with Crippen LogP contribution in [0.5, 0.6) is 0 Å². The Morgan fingerprint density at radius 1 is 1.29 bits per heavy atom. The number of hydrogen-bond acceptors (Lipinski definition) is 4. The number of hydrogen-bond donors (Lipinski definition) is 1. The first-order chi connectivity index (χ1) is 11.6. The summed E-state index contributed by atoms with van der Waals surface area (Å²) in [5, 5.41) is 2.95. The van der Waals surface area contributed by atoms with E-state index in [1.165, 1.54) is 25.7 Å². The maximum atomic E-state index is 12.4. The van der Waals surface area contributed by atoms with Crippen LogP contribution in [0.25, 0.3) is 0 Å². The molecule has 132 valence electrons. The third-order valence-corrected chi connectivity index (χ3v) is 5.11. The average molecular weight is 333 g/mol. The third-order valence-electron chi connectivity index (χ3n) is 5.11. The number of carbonyl (C=O) groups is 2. The van der Waals surface area contributed by atoms with Gasteiger partial charge in [-0.1, -0.05) is 32.6 Å². The zero-order valence-corrected chi connectivity index (χ0v) is 14.6. The summed E-state index contributed by atoms with van der Waals surface area (Å²) in [5.74, 6) is 0.739. The van der Waals surface area contributed by atoms with Crippen LogP contribution in [0, 0.1) is 6.92 Å². The summed E-state index contributed by atoms with van der Waals surface area (Å²) in [6.45, 7) is 4.32. The molecule has 6 nitrogen and oxygen atoms in total. The normalized spacial score (nSPS) is 22.7. The van der Waals surface area contributed by atoms with E-state index >= 15 is 0 Å². The van der Waals surface area contributed by atoms with Crippen molar-refractivity contribution in [3.05, 3.63) is 17.3 Å². The summed E-state index contributed by atoms with van der Waals surface area (Å²) in [4.78, 5) is 31.0. The second kappa shape index (κ2) is 7.36. The maximum Gasteiger partial charge on any atom is 0.289 e. The van der Waals surface area contributed by atoms with Crippen LogP contribution in [0.15, 0.2) is 4.42 Å². The molecule has 0 spiro atoms. The van der Waals surface area contributed by atoms with E-state index in [1.807, 2.05) is 11.8 Å². The smallest absolute Gasteiger partial charge is 0.289 e. The summed E-state index contributed by atoms with van der Waals surface area (Å²) in [6, 6.07) is 0.212. The molecule has 1 unspecified atom stereocenters. The van der Waals surface area contributed by atoms with Crippen LogP contribution in [0.1, 0.15) is 74.0 Å². The lowest BCUT2D eigenvalue weighted by molar-refractivity contribution is -0.129. The van der Waals surface area contributed by atoms with E-state index in [0.29, 0.717) is 37.0 Å². The Kier molecular flexibility index (Phi) is 5.21. The Bertz CT molecular complexity index is 603. The van der Waals surface area contributed by atoms with Gasteiger partial charge in [-0.3, -0.25) is 9.59 Å². The number of likely N-dealkylation sites (tertiary alicyclic amines) is 1. The largest absolute Gasteiger partial charge is 0.435 e. The molecule has 2 amide bonds. The van der Waals surface area contributed by atoms with Gasteiger partial charge in [0.1, 0.15) is 0 Å². The van der Waals surface area contributed by atoms with Crippen molar-refractivity contribution in [3.8, 4) is 0 Å². The quantitative estimate of drug-likeness (QED) is 0.859. The van der Waals surface area contributed by atoms with E-state index in [4.69, 9.17) is 4.42 Å². The fourth-order valence-corrected chi connectivity index (χ4v) is 3.82. The van der Waals surface area contributed by atoms with Crippen LogP contribution in [-0.2, 0) is 11.2 Å². The van der Waals surface area contributed by atoms with E-state index in [-0.39, 0.29) is 23.6 Å². The molecule has 0 bridgehead atoms. The Morgan fingerprint density at radius 3 is 2.62 bits per heavy atom. The van der Waals surface area contributed by atoms with Crippen molar-refractivity contribution in [3.63, 3.8) is 0 Å². The second-order valence-corrected chi connectivity index (χ2v) is 6.94. The van der Waals surface area contributed by atoms with E-state index in [0.717, 1.165) is 12.8 Å². The molecular weight excluding hydrogens is 306 g/mol. The Hall–Kier alpha value is -1.85. The molecule has 1 aliphatic heterocycles. The lowest BCUT2D eigenvalue weighted by Gasteiger charge is -2.27. The van der Waals surface area contributed by atoms with E-state index < -0.39 is 0 Å². The van der Waals surface area contributed by atoms with Crippen molar-refractivity contribution in [1.82, 2.24) is 15.2 Å². The van der Waals surface area contributed by atoms with Gasteiger partial charge < -0.3 is 14.6 Å². The van der Waals surface area contributed by atoms with Gasteiger partial charge in [-0.25, -0.2) is 4.98 Å². The first kappa shape index (κ1) is 17.0. The molecule has 1 aliphatic carbocycles. The monoisotopic (exact) mass is 333 g/mol. The predicted octanol–water partition coefficient (Wildman–Crippen LogP) is 2.60. The number of rotatable bonds is 4. The van der Waals surface area contributed by atoms with Crippen molar-refractivity contribution in [2.24, 2.45) is 0 Å². The van der Waals surface area contributed by atoms with Crippen molar-refractivity contribution in [2.75, 3.05) is 6.54 Å². The average Bonchev–Trinajstić information content (AvgIpc) is 2.99. The number of aromatic nitrogens is 1. The third kappa shape index (κ3) is 3.62. The molecule has 24 heavy (non-hydrogen) atoms. The highest BCUT2D eigenvalue weighted by Crippen LogP contribution is 2.26. The molecule has 1 saturated carbocycles. The summed E-state index contributed by atoms with van der Waals surface area (Å²) in [6.07, 6.45) is 8.15. The standard InChI is InChI=1S/C18H27N3O3/c1-3-15-19-12(2)17(24-15)18(23)20-13-10-16(22)21(11-13)14-8-6-4-5-7-9-14/h13-14H,3-11H2,1-2H3,(H,20,23). The predicted molar refractivity (Wildman–Crippen MR) is 89.7 cm³/mol. The molecule has 1 atom stereocenters. The highest BCUT2D eigenvalue weighted by molar-refractivity contribution is 5.93. The van der Waals surface area contributed by atoms with Gasteiger partial charge in [0.25, 0.3) is 5.91 Å². The molecule has 3 rings (SSSR count). The van der Waals surface area contributed by atoms with Gasteiger partial charge >= 0.3 is 0 Å². The van der Waals surface area contributed by atoms with Crippen molar-refractivity contribution in [1.29, 1.82) is 0 Å². The SMILES string of the molecule is CCc1nc(C)c(C(=O)NC2CC(=O)N(C3CCCCCC3)C2)o1. The highest BCUT2D eigenvalue weighted by atomic mass is 16.4. The maximum absolute atomic E-state index is 12.4. The van der Waals surface area contributed by atoms with Crippen molar-refractivity contribution < 1.29 is 14.0 Å².